The summed E-state index contributed by atoms with van der Waals surface area (Å²) in [5.74, 6) is 0.571. The smallest absolute Gasteiger partial charge is 0.226 e. The summed E-state index contributed by atoms with van der Waals surface area (Å²) in [5, 5.41) is 10.0. The van der Waals surface area contributed by atoms with Gasteiger partial charge in [0.25, 0.3) is 0 Å². The highest BCUT2D eigenvalue weighted by atomic mass is 32.2. The van der Waals surface area contributed by atoms with E-state index >= 15 is 0 Å². The third-order valence-corrected chi connectivity index (χ3v) is 4.64. The van der Waals surface area contributed by atoms with Crippen molar-refractivity contribution < 1.29 is 9.52 Å². The van der Waals surface area contributed by atoms with Gasteiger partial charge in [0.1, 0.15) is 12.0 Å². The minimum absolute atomic E-state index is 0.379. The van der Waals surface area contributed by atoms with Crippen LogP contribution < -0.4 is 5.43 Å². The van der Waals surface area contributed by atoms with Crippen molar-refractivity contribution in [1.82, 2.24) is 9.55 Å². The Morgan fingerprint density at radius 3 is 2.96 bits per heavy atom. The molecule has 0 amide bonds. The molecule has 0 bridgehead atoms. The van der Waals surface area contributed by atoms with Crippen molar-refractivity contribution in [2.75, 3.05) is 0 Å². The van der Waals surface area contributed by atoms with E-state index in [9.17, 15) is 9.90 Å². The average Bonchev–Trinajstić information content (AvgIpc) is 2.99. The van der Waals surface area contributed by atoms with Crippen LogP contribution in [0.5, 0.6) is 5.75 Å². The number of aromatic hydroxyl groups is 1. The molecular weight excluding hydrogens is 312 g/mol. The maximum Gasteiger partial charge on any atom is 0.226 e. The molecule has 3 aromatic rings. The van der Waals surface area contributed by atoms with Gasteiger partial charge in [0, 0.05) is 18.5 Å². The molecule has 118 valence electrons. The lowest BCUT2D eigenvalue weighted by Gasteiger charge is -2.12. The van der Waals surface area contributed by atoms with Crippen LogP contribution in [0.25, 0.3) is 5.69 Å². The van der Waals surface area contributed by atoms with Crippen LogP contribution in [0.15, 0.2) is 57.3 Å². The van der Waals surface area contributed by atoms with Crippen molar-refractivity contribution in [3.63, 3.8) is 0 Å². The second kappa shape index (κ2) is 6.34. The van der Waals surface area contributed by atoms with Crippen LogP contribution in [0.1, 0.15) is 16.9 Å². The van der Waals surface area contributed by atoms with Gasteiger partial charge in [0.05, 0.1) is 11.4 Å². The van der Waals surface area contributed by atoms with Crippen molar-refractivity contribution in [3.05, 3.63) is 70.0 Å². The molecule has 2 heterocycles. The summed E-state index contributed by atoms with van der Waals surface area (Å²) in [6, 6.07) is 7.45. The van der Waals surface area contributed by atoms with Crippen molar-refractivity contribution in [2.24, 2.45) is 0 Å². The van der Waals surface area contributed by atoms with Gasteiger partial charge in [-0.1, -0.05) is 23.9 Å². The molecule has 0 radical (unpaired) electrons. The molecule has 0 atom stereocenters. The highest BCUT2D eigenvalue weighted by Gasteiger charge is 2.10. The zero-order valence-corrected chi connectivity index (χ0v) is 13.6. The van der Waals surface area contributed by atoms with Crippen LogP contribution >= 0.6 is 11.8 Å². The van der Waals surface area contributed by atoms with Gasteiger partial charge in [-0.15, -0.1) is 0 Å². The summed E-state index contributed by atoms with van der Waals surface area (Å²) < 4.78 is 7.24. The Bertz CT molecular complexity index is 899. The van der Waals surface area contributed by atoms with Crippen LogP contribution in [0, 0.1) is 13.8 Å². The molecule has 0 saturated carbocycles. The highest BCUT2D eigenvalue weighted by molar-refractivity contribution is 7.98. The molecule has 0 spiro atoms. The zero-order valence-electron chi connectivity index (χ0n) is 12.8. The normalized spacial score (nSPS) is 10.9. The Balaban J connectivity index is 1.85. The molecule has 0 aliphatic rings. The number of hydrogen-bond donors (Lipinski definition) is 1. The van der Waals surface area contributed by atoms with Crippen molar-refractivity contribution >= 4 is 11.8 Å². The van der Waals surface area contributed by atoms with Gasteiger partial charge in [-0.25, -0.2) is 4.98 Å². The first-order chi connectivity index (χ1) is 11.1. The first-order valence-corrected chi connectivity index (χ1v) is 8.08. The molecule has 3 rings (SSSR count). The fraction of sp³-hybridized carbons (Fsp3) is 0.176. The van der Waals surface area contributed by atoms with Crippen molar-refractivity contribution in [1.29, 1.82) is 0 Å². The molecule has 2 aromatic heterocycles. The molecule has 1 N–H and O–H groups in total. The summed E-state index contributed by atoms with van der Waals surface area (Å²) in [6.07, 6.45) is 4.73. The predicted molar refractivity (Wildman–Crippen MR) is 89.2 cm³/mol. The van der Waals surface area contributed by atoms with Crippen LogP contribution in [0.3, 0.4) is 0 Å². The van der Waals surface area contributed by atoms with Gasteiger partial charge in [0.15, 0.2) is 10.9 Å². The molecule has 5 nitrogen and oxygen atoms in total. The van der Waals surface area contributed by atoms with E-state index < -0.39 is 5.43 Å². The lowest BCUT2D eigenvalue weighted by Crippen LogP contribution is -2.01. The Hall–Kier alpha value is -2.47. The third-order valence-electron chi connectivity index (χ3n) is 3.65. The summed E-state index contributed by atoms with van der Waals surface area (Å²) in [6.45, 7) is 4.16. The Morgan fingerprint density at radius 2 is 2.17 bits per heavy atom. The first kappa shape index (κ1) is 15.4. The molecule has 1 aromatic carbocycles. The fourth-order valence-electron chi connectivity index (χ4n) is 2.23. The summed E-state index contributed by atoms with van der Waals surface area (Å²) in [5.41, 5.74) is 3.06. The van der Waals surface area contributed by atoms with E-state index in [0.717, 1.165) is 17.1 Å². The fourth-order valence-corrected chi connectivity index (χ4v) is 3.09. The lowest BCUT2D eigenvalue weighted by atomic mass is 10.1. The SMILES string of the molecule is Cc1cccc(-n2ccnc2SCc2cc(=O)c(O)co2)c1C. The molecular formula is C17H16N2O3S. The van der Waals surface area contributed by atoms with Crippen LogP contribution in [-0.2, 0) is 5.75 Å². The van der Waals surface area contributed by atoms with Crippen LogP contribution in [-0.4, -0.2) is 14.7 Å². The van der Waals surface area contributed by atoms with E-state index in [1.807, 2.05) is 16.8 Å². The molecule has 0 saturated heterocycles. The Labute approximate surface area is 137 Å². The zero-order chi connectivity index (χ0) is 16.4. The first-order valence-electron chi connectivity index (χ1n) is 7.09. The predicted octanol–water partition coefficient (Wildman–Crippen LogP) is 3.44. The van der Waals surface area contributed by atoms with E-state index in [2.05, 4.69) is 31.0 Å². The second-order valence-corrected chi connectivity index (χ2v) is 6.13. The highest BCUT2D eigenvalue weighted by Crippen LogP contribution is 2.26. The van der Waals surface area contributed by atoms with E-state index in [-0.39, 0.29) is 5.75 Å². The lowest BCUT2D eigenvalue weighted by molar-refractivity contribution is 0.419. The minimum atomic E-state index is -0.440. The average molecular weight is 328 g/mol. The number of nitrogens with zero attached hydrogens (tertiary/aromatic N) is 2. The number of aryl methyl sites for hydroxylation is 1. The minimum Gasteiger partial charge on any atom is -0.502 e. The van der Waals surface area contributed by atoms with Gasteiger partial charge < -0.3 is 9.52 Å². The van der Waals surface area contributed by atoms with Gasteiger partial charge in [-0.2, -0.15) is 0 Å². The topological polar surface area (TPSA) is 68.3 Å². The summed E-state index contributed by atoms with van der Waals surface area (Å²) in [4.78, 5) is 15.8. The standard InChI is InChI=1S/C17H16N2O3S/c1-11-4-3-5-14(12(11)2)19-7-6-18-17(19)23-10-13-8-15(20)16(21)9-22-13/h3-9,21H,10H2,1-2H3. The second-order valence-electron chi connectivity index (χ2n) is 5.18. The van der Waals surface area contributed by atoms with E-state index in [1.54, 1.807) is 6.20 Å². The number of benzene rings is 1. The molecule has 23 heavy (non-hydrogen) atoms. The molecule has 0 aliphatic carbocycles. The van der Waals surface area contributed by atoms with Gasteiger partial charge >= 0.3 is 0 Å². The number of hydrogen-bond acceptors (Lipinski definition) is 5. The number of rotatable bonds is 4. The van der Waals surface area contributed by atoms with Gasteiger partial charge in [-0.3, -0.25) is 9.36 Å². The van der Waals surface area contributed by atoms with Crippen LogP contribution in [0.4, 0.5) is 0 Å². The molecule has 0 fully saturated rings. The maximum atomic E-state index is 11.4. The monoisotopic (exact) mass is 328 g/mol. The maximum absolute atomic E-state index is 11.4. The molecule has 6 heteroatoms. The van der Waals surface area contributed by atoms with E-state index in [4.69, 9.17) is 4.42 Å². The number of thioether (sulfide) groups is 1. The third kappa shape index (κ3) is 3.17. The quantitative estimate of drug-likeness (QED) is 0.743. The number of aromatic nitrogens is 2. The largest absolute Gasteiger partial charge is 0.502 e. The van der Waals surface area contributed by atoms with Gasteiger partial charge in [-0.05, 0) is 31.0 Å². The Kier molecular flexibility index (Phi) is 4.25. The summed E-state index contributed by atoms with van der Waals surface area (Å²) in [7, 11) is 0. The molecule has 0 aliphatic heterocycles. The Morgan fingerprint density at radius 1 is 1.35 bits per heavy atom. The van der Waals surface area contributed by atoms with Crippen molar-refractivity contribution in [3.8, 4) is 11.4 Å². The molecule has 0 unspecified atom stereocenters. The van der Waals surface area contributed by atoms with Crippen LogP contribution in [0.2, 0.25) is 0 Å². The summed E-state index contributed by atoms with van der Waals surface area (Å²) >= 11 is 1.47. The van der Waals surface area contributed by atoms with E-state index in [0.29, 0.717) is 11.5 Å². The van der Waals surface area contributed by atoms with Gasteiger partial charge in [0.2, 0.25) is 5.43 Å². The van der Waals surface area contributed by atoms with Crippen molar-refractivity contribution in [2.45, 2.75) is 24.8 Å². The van der Waals surface area contributed by atoms with E-state index in [1.165, 1.54) is 29.0 Å². The number of imidazole rings is 1.